The molecule has 0 heterocycles. The molecule has 0 radical (unpaired) electrons. The predicted octanol–water partition coefficient (Wildman–Crippen LogP) is 2.71. The van der Waals surface area contributed by atoms with Crippen molar-refractivity contribution in [3.8, 4) is 5.75 Å². The third-order valence-electron chi connectivity index (χ3n) is 2.28. The molecule has 0 atom stereocenters. The highest BCUT2D eigenvalue weighted by Gasteiger charge is 1.95. The Morgan fingerprint density at radius 1 is 1.31 bits per heavy atom. The van der Waals surface area contributed by atoms with Gasteiger partial charge in [0, 0.05) is 0 Å². The molecule has 0 aliphatic rings. The van der Waals surface area contributed by atoms with Crippen LogP contribution < -0.4 is 4.74 Å². The molecular weight excluding hydrogens is 204 g/mol. The normalized spacial score (nSPS) is 10.6. The van der Waals surface area contributed by atoms with Gasteiger partial charge in [-0.05, 0) is 37.1 Å². The van der Waals surface area contributed by atoms with Crippen LogP contribution in [0.2, 0.25) is 0 Å². The van der Waals surface area contributed by atoms with Crippen molar-refractivity contribution in [3.63, 3.8) is 0 Å². The number of hydrogen-bond donors (Lipinski definition) is 1. The van der Waals surface area contributed by atoms with E-state index in [9.17, 15) is 4.79 Å². The fourth-order valence-electron chi connectivity index (χ4n) is 1.20. The summed E-state index contributed by atoms with van der Waals surface area (Å²) < 4.78 is 5.44. The van der Waals surface area contributed by atoms with Gasteiger partial charge in [-0.2, -0.15) is 0 Å². The number of rotatable bonds is 5. The lowest BCUT2D eigenvalue weighted by Gasteiger charge is -2.05. The molecule has 0 aromatic heterocycles. The second-order valence-corrected chi connectivity index (χ2v) is 3.63. The quantitative estimate of drug-likeness (QED) is 0.776. The number of aliphatic carboxylic acids is 1. The number of ether oxygens (including phenoxy) is 1. The molecule has 1 rings (SSSR count). The van der Waals surface area contributed by atoms with E-state index in [-0.39, 0.29) is 6.42 Å². The van der Waals surface area contributed by atoms with E-state index in [1.165, 1.54) is 11.1 Å². The van der Waals surface area contributed by atoms with Crippen LogP contribution >= 0.6 is 0 Å². The Balaban J connectivity index is 2.40. The summed E-state index contributed by atoms with van der Waals surface area (Å²) in [5.74, 6) is -0.0227. The van der Waals surface area contributed by atoms with Gasteiger partial charge in [0.15, 0.2) is 0 Å². The zero-order valence-electron chi connectivity index (χ0n) is 9.56. The maximum atomic E-state index is 10.2. The van der Waals surface area contributed by atoms with E-state index in [4.69, 9.17) is 9.84 Å². The monoisotopic (exact) mass is 220 g/mol. The second kappa shape index (κ2) is 5.95. The highest BCUT2D eigenvalue weighted by Crippen LogP contribution is 2.16. The van der Waals surface area contributed by atoms with Crippen molar-refractivity contribution in [2.45, 2.75) is 20.3 Å². The number of carboxylic acid groups (broad SMARTS) is 1. The van der Waals surface area contributed by atoms with Gasteiger partial charge in [-0.3, -0.25) is 4.79 Å². The Morgan fingerprint density at radius 2 is 2.06 bits per heavy atom. The number of carboxylic acids is 1. The summed E-state index contributed by atoms with van der Waals surface area (Å²) >= 11 is 0. The summed E-state index contributed by atoms with van der Waals surface area (Å²) in [6.07, 6.45) is 3.34. The highest BCUT2D eigenvalue weighted by atomic mass is 16.5. The molecular formula is C13H16O3. The molecule has 86 valence electrons. The van der Waals surface area contributed by atoms with Crippen LogP contribution in [0, 0.1) is 13.8 Å². The van der Waals surface area contributed by atoms with Crippen molar-refractivity contribution in [2.24, 2.45) is 0 Å². The van der Waals surface area contributed by atoms with Gasteiger partial charge in [-0.25, -0.2) is 0 Å². The standard InChI is InChI=1S/C13H16O3/c1-10-6-7-12(9-11(10)2)16-8-4-3-5-13(14)15/h3-4,6-7,9H,5,8H2,1-2H3,(H,14,15)/b4-3+. The van der Waals surface area contributed by atoms with Crippen molar-refractivity contribution in [2.75, 3.05) is 6.61 Å². The molecule has 0 bridgehead atoms. The van der Waals surface area contributed by atoms with E-state index in [1.54, 1.807) is 12.2 Å². The van der Waals surface area contributed by atoms with E-state index in [0.717, 1.165) is 5.75 Å². The Kier molecular flexibility index (Phi) is 4.58. The first-order chi connectivity index (χ1) is 7.59. The fourth-order valence-corrected chi connectivity index (χ4v) is 1.20. The minimum atomic E-state index is -0.831. The van der Waals surface area contributed by atoms with Crippen LogP contribution in [0.25, 0.3) is 0 Å². The first kappa shape index (κ1) is 12.3. The molecule has 3 nitrogen and oxygen atoms in total. The molecule has 1 aromatic rings. The van der Waals surface area contributed by atoms with Gasteiger partial charge >= 0.3 is 5.97 Å². The zero-order valence-corrected chi connectivity index (χ0v) is 9.56. The maximum absolute atomic E-state index is 10.2. The van der Waals surface area contributed by atoms with Crippen LogP contribution in [0.5, 0.6) is 5.75 Å². The summed E-state index contributed by atoms with van der Waals surface area (Å²) in [5, 5.41) is 8.40. The van der Waals surface area contributed by atoms with Gasteiger partial charge in [-0.15, -0.1) is 0 Å². The molecule has 0 unspecified atom stereocenters. The molecule has 0 aliphatic heterocycles. The topological polar surface area (TPSA) is 46.5 Å². The number of hydrogen-bond acceptors (Lipinski definition) is 2. The first-order valence-electron chi connectivity index (χ1n) is 5.16. The van der Waals surface area contributed by atoms with Gasteiger partial charge in [-0.1, -0.05) is 18.2 Å². The third-order valence-corrected chi connectivity index (χ3v) is 2.28. The van der Waals surface area contributed by atoms with Gasteiger partial charge in [0.2, 0.25) is 0 Å². The van der Waals surface area contributed by atoms with Crippen molar-refractivity contribution < 1.29 is 14.6 Å². The van der Waals surface area contributed by atoms with Crippen LogP contribution in [-0.4, -0.2) is 17.7 Å². The Morgan fingerprint density at radius 3 is 2.69 bits per heavy atom. The average molecular weight is 220 g/mol. The molecule has 0 saturated heterocycles. The van der Waals surface area contributed by atoms with Gasteiger partial charge < -0.3 is 9.84 Å². The summed E-state index contributed by atoms with van der Waals surface area (Å²) in [6, 6.07) is 5.89. The molecule has 16 heavy (non-hydrogen) atoms. The van der Waals surface area contributed by atoms with Crippen molar-refractivity contribution >= 4 is 5.97 Å². The van der Waals surface area contributed by atoms with Gasteiger partial charge in [0.1, 0.15) is 12.4 Å². The Bertz CT molecular complexity index is 394. The van der Waals surface area contributed by atoms with E-state index in [0.29, 0.717) is 6.61 Å². The fraction of sp³-hybridized carbons (Fsp3) is 0.308. The molecule has 0 fully saturated rings. The smallest absolute Gasteiger partial charge is 0.307 e. The van der Waals surface area contributed by atoms with Gasteiger partial charge in [0.05, 0.1) is 6.42 Å². The van der Waals surface area contributed by atoms with Crippen LogP contribution in [0.4, 0.5) is 0 Å². The van der Waals surface area contributed by atoms with Crippen molar-refractivity contribution in [3.05, 3.63) is 41.5 Å². The highest BCUT2D eigenvalue weighted by molar-refractivity contribution is 5.68. The average Bonchev–Trinajstić information content (AvgIpc) is 2.22. The lowest BCUT2D eigenvalue weighted by molar-refractivity contribution is -0.136. The molecule has 0 aliphatic carbocycles. The maximum Gasteiger partial charge on any atom is 0.307 e. The lowest BCUT2D eigenvalue weighted by Crippen LogP contribution is -1.95. The second-order valence-electron chi connectivity index (χ2n) is 3.63. The van der Waals surface area contributed by atoms with E-state index in [2.05, 4.69) is 0 Å². The summed E-state index contributed by atoms with van der Waals surface area (Å²) in [4.78, 5) is 10.2. The lowest BCUT2D eigenvalue weighted by atomic mass is 10.1. The first-order valence-corrected chi connectivity index (χ1v) is 5.16. The largest absolute Gasteiger partial charge is 0.490 e. The minimum Gasteiger partial charge on any atom is -0.490 e. The van der Waals surface area contributed by atoms with Crippen molar-refractivity contribution in [1.82, 2.24) is 0 Å². The molecule has 0 saturated carbocycles. The molecule has 1 N–H and O–H groups in total. The molecule has 1 aromatic carbocycles. The number of benzene rings is 1. The van der Waals surface area contributed by atoms with Crippen molar-refractivity contribution in [1.29, 1.82) is 0 Å². The molecule has 0 amide bonds. The molecule has 0 spiro atoms. The summed E-state index contributed by atoms with van der Waals surface area (Å²) in [5.41, 5.74) is 2.42. The number of aryl methyl sites for hydroxylation is 2. The predicted molar refractivity (Wildman–Crippen MR) is 62.8 cm³/mol. The Hall–Kier alpha value is -1.77. The minimum absolute atomic E-state index is 0.0380. The van der Waals surface area contributed by atoms with Crippen LogP contribution in [0.1, 0.15) is 17.5 Å². The van der Waals surface area contributed by atoms with Crippen LogP contribution in [-0.2, 0) is 4.79 Å². The van der Waals surface area contributed by atoms with E-state index >= 15 is 0 Å². The van der Waals surface area contributed by atoms with Crippen LogP contribution in [0.15, 0.2) is 30.4 Å². The van der Waals surface area contributed by atoms with Crippen LogP contribution in [0.3, 0.4) is 0 Å². The Labute approximate surface area is 95.4 Å². The molecule has 3 heteroatoms. The SMILES string of the molecule is Cc1ccc(OC/C=C/CC(=O)O)cc1C. The number of carbonyl (C=O) groups is 1. The zero-order chi connectivity index (χ0) is 12.0. The summed E-state index contributed by atoms with van der Waals surface area (Å²) in [6.45, 7) is 4.48. The summed E-state index contributed by atoms with van der Waals surface area (Å²) in [7, 11) is 0. The van der Waals surface area contributed by atoms with Gasteiger partial charge in [0.25, 0.3) is 0 Å². The van der Waals surface area contributed by atoms with E-state index in [1.807, 2.05) is 32.0 Å². The third kappa shape index (κ3) is 4.17. The van der Waals surface area contributed by atoms with E-state index < -0.39 is 5.97 Å².